The lowest BCUT2D eigenvalue weighted by Gasteiger charge is -2.16. The first-order valence-electron chi connectivity index (χ1n) is 13.0. The maximum Gasteiger partial charge on any atom is 0.253 e. The van der Waals surface area contributed by atoms with E-state index in [-0.39, 0.29) is 17.2 Å². The van der Waals surface area contributed by atoms with Gasteiger partial charge in [0.1, 0.15) is 22.7 Å². The van der Waals surface area contributed by atoms with Crippen molar-refractivity contribution >= 4 is 22.7 Å². The van der Waals surface area contributed by atoms with Crippen LogP contribution in [0.25, 0.3) is 0 Å². The van der Waals surface area contributed by atoms with Gasteiger partial charge in [0.15, 0.2) is 11.5 Å². The van der Waals surface area contributed by atoms with Crippen LogP contribution in [0.3, 0.4) is 0 Å². The largest absolute Gasteiger partial charge is 0.504 e. The molecule has 6 N–H and O–H groups in total. The molecule has 0 atom stereocenters. The first kappa shape index (κ1) is 28.7. The first-order valence-corrected chi connectivity index (χ1v) is 13.0. The number of nitrogens with one attached hydrogen (secondary N) is 4. The second-order valence-corrected chi connectivity index (χ2v) is 9.67. The number of unbranched alkanes of at least 4 members (excludes halogenated alkanes) is 3. The topological polar surface area (TPSA) is 160 Å². The Balaban J connectivity index is 1.30. The standard InChI is InChI=1S/C27H37N5O6/c1-32(2)15-7-13-30-21-20(24(35)25(21)36)28-11-5-3-4-6-12-29-22-23(27(38)26(22)37)31-14-10-17-8-9-18(33)19(34)16-17/h8-9,16,28-31,33-34H,3-7,10-15H2,1-2H3. The van der Waals surface area contributed by atoms with Gasteiger partial charge in [-0.05, 0) is 64.0 Å². The SMILES string of the molecule is CN(C)CCCNc1c(NCCCCCCNc2c(NCCc3ccc(O)c(O)c3)c(=O)c2=O)c(=O)c1=O. The zero-order valence-corrected chi connectivity index (χ0v) is 22.0. The number of phenols is 2. The quantitative estimate of drug-likeness (QED) is 0.0806. The van der Waals surface area contributed by atoms with E-state index in [0.717, 1.165) is 44.2 Å². The Morgan fingerprint density at radius 1 is 0.605 bits per heavy atom. The van der Waals surface area contributed by atoms with Crippen molar-refractivity contribution in [2.45, 2.75) is 38.5 Å². The summed E-state index contributed by atoms with van der Waals surface area (Å²) in [5.41, 5.74) is 0.124. The summed E-state index contributed by atoms with van der Waals surface area (Å²) in [6, 6.07) is 4.54. The number of aromatic hydroxyl groups is 2. The Labute approximate surface area is 220 Å². The molecule has 3 rings (SSSR count). The zero-order chi connectivity index (χ0) is 27.7. The van der Waals surface area contributed by atoms with Crippen molar-refractivity contribution < 1.29 is 10.2 Å². The molecule has 0 aromatic heterocycles. The van der Waals surface area contributed by atoms with E-state index in [1.165, 1.54) is 12.1 Å². The number of nitrogens with zero attached hydrogens (tertiary/aromatic N) is 1. The van der Waals surface area contributed by atoms with Gasteiger partial charge >= 0.3 is 0 Å². The third-order valence-electron chi connectivity index (χ3n) is 6.37. The van der Waals surface area contributed by atoms with Crippen LogP contribution >= 0.6 is 0 Å². The number of anilines is 4. The molecule has 11 nitrogen and oxygen atoms in total. The van der Waals surface area contributed by atoms with E-state index >= 15 is 0 Å². The van der Waals surface area contributed by atoms with E-state index in [9.17, 15) is 29.4 Å². The summed E-state index contributed by atoms with van der Waals surface area (Å²) in [6.45, 7) is 3.07. The highest BCUT2D eigenvalue weighted by molar-refractivity contribution is 5.74. The fraction of sp³-hybridized carbons (Fsp3) is 0.481. The average molecular weight is 528 g/mol. The van der Waals surface area contributed by atoms with Gasteiger partial charge in [-0.15, -0.1) is 0 Å². The number of benzene rings is 1. The van der Waals surface area contributed by atoms with E-state index in [4.69, 9.17) is 0 Å². The normalized spacial score (nSPS) is 11.3. The molecule has 38 heavy (non-hydrogen) atoms. The van der Waals surface area contributed by atoms with Crippen molar-refractivity contribution in [3.05, 3.63) is 64.7 Å². The van der Waals surface area contributed by atoms with Crippen LogP contribution in [0.2, 0.25) is 0 Å². The number of rotatable bonds is 18. The van der Waals surface area contributed by atoms with Crippen LogP contribution in [0, 0.1) is 0 Å². The molecule has 0 unspecified atom stereocenters. The predicted molar refractivity (Wildman–Crippen MR) is 152 cm³/mol. The Hall–Kier alpha value is -3.86. The molecule has 0 heterocycles. The summed E-state index contributed by atoms with van der Waals surface area (Å²) in [7, 11) is 3.97. The maximum atomic E-state index is 11.9. The highest BCUT2D eigenvalue weighted by Crippen LogP contribution is 2.25. The second kappa shape index (κ2) is 13.6. The van der Waals surface area contributed by atoms with E-state index in [1.807, 2.05) is 14.1 Å². The fourth-order valence-corrected chi connectivity index (χ4v) is 4.15. The minimum atomic E-state index is -0.544. The van der Waals surface area contributed by atoms with Gasteiger partial charge in [-0.1, -0.05) is 18.9 Å². The van der Waals surface area contributed by atoms with Crippen LogP contribution in [0.15, 0.2) is 37.4 Å². The molecule has 0 aliphatic heterocycles. The van der Waals surface area contributed by atoms with Gasteiger partial charge in [0.25, 0.3) is 21.7 Å². The van der Waals surface area contributed by atoms with Gasteiger partial charge in [0, 0.05) is 26.2 Å². The molecular weight excluding hydrogens is 490 g/mol. The Morgan fingerprint density at radius 2 is 1.05 bits per heavy atom. The van der Waals surface area contributed by atoms with Gasteiger partial charge in [0.2, 0.25) is 0 Å². The summed E-state index contributed by atoms with van der Waals surface area (Å²) in [5.74, 6) is -0.395. The molecule has 0 aliphatic rings. The fourth-order valence-electron chi connectivity index (χ4n) is 4.15. The highest BCUT2D eigenvalue weighted by atomic mass is 16.3. The molecule has 0 aliphatic carbocycles. The summed E-state index contributed by atoms with van der Waals surface area (Å²) < 4.78 is 0. The number of hydrogen-bond donors (Lipinski definition) is 6. The van der Waals surface area contributed by atoms with Gasteiger partial charge < -0.3 is 36.4 Å². The minimum absolute atomic E-state index is 0.192. The number of phenolic OH excluding ortho intramolecular Hbond substituents is 2. The Kier molecular flexibility index (Phi) is 10.3. The van der Waals surface area contributed by atoms with Crippen LogP contribution in [-0.2, 0) is 6.42 Å². The summed E-state index contributed by atoms with van der Waals surface area (Å²) in [5, 5.41) is 31.1. The van der Waals surface area contributed by atoms with Crippen molar-refractivity contribution in [1.82, 2.24) is 4.90 Å². The van der Waals surface area contributed by atoms with Crippen LogP contribution in [0.4, 0.5) is 22.7 Å². The predicted octanol–water partition coefficient (Wildman–Crippen LogP) is 1.39. The molecule has 206 valence electrons. The van der Waals surface area contributed by atoms with Crippen LogP contribution in [-0.4, -0.2) is 61.9 Å². The van der Waals surface area contributed by atoms with Crippen molar-refractivity contribution in [2.75, 3.05) is 68.1 Å². The zero-order valence-electron chi connectivity index (χ0n) is 22.0. The Bertz CT molecular complexity index is 1350. The summed E-state index contributed by atoms with van der Waals surface area (Å²) >= 11 is 0. The average Bonchev–Trinajstić information content (AvgIpc) is 2.90. The molecule has 11 heteroatoms. The van der Waals surface area contributed by atoms with E-state index in [2.05, 4.69) is 26.2 Å². The van der Waals surface area contributed by atoms with E-state index in [0.29, 0.717) is 49.7 Å². The van der Waals surface area contributed by atoms with Gasteiger partial charge in [-0.3, -0.25) is 19.2 Å². The summed E-state index contributed by atoms with van der Waals surface area (Å²) in [6.07, 6.45) is 4.83. The lowest BCUT2D eigenvalue weighted by atomic mass is 10.1. The lowest BCUT2D eigenvalue weighted by molar-refractivity contribution is 0.403. The van der Waals surface area contributed by atoms with E-state index < -0.39 is 21.7 Å². The van der Waals surface area contributed by atoms with Crippen molar-refractivity contribution in [1.29, 1.82) is 0 Å². The second-order valence-electron chi connectivity index (χ2n) is 9.67. The van der Waals surface area contributed by atoms with Crippen LogP contribution in [0.1, 0.15) is 37.7 Å². The third-order valence-corrected chi connectivity index (χ3v) is 6.37. The Morgan fingerprint density at radius 3 is 1.50 bits per heavy atom. The highest BCUT2D eigenvalue weighted by Gasteiger charge is 2.21. The van der Waals surface area contributed by atoms with Gasteiger partial charge in [0.05, 0.1) is 0 Å². The van der Waals surface area contributed by atoms with E-state index in [1.54, 1.807) is 6.07 Å². The molecule has 0 amide bonds. The molecule has 0 bridgehead atoms. The molecule has 3 aromatic carbocycles. The van der Waals surface area contributed by atoms with Crippen molar-refractivity contribution in [3.8, 4) is 11.5 Å². The first-order chi connectivity index (χ1) is 18.2. The molecule has 0 spiro atoms. The van der Waals surface area contributed by atoms with Crippen molar-refractivity contribution in [3.63, 3.8) is 0 Å². The van der Waals surface area contributed by atoms with Gasteiger partial charge in [-0.2, -0.15) is 0 Å². The molecule has 0 saturated carbocycles. The summed E-state index contributed by atoms with van der Waals surface area (Å²) in [4.78, 5) is 49.6. The van der Waals surface area contributed by atoms with Crippen LogP contribution in [0.5, 0.6) is 11.5 Å². The van der Waals surface area contributed by atoms with Crippen molar-refractivity contribution in [2.24, 2.45) is 0 Å². The monoisotopic (exact) mass is 527 g/mol. The molecule has 0 fully saturated rings. The van der Waals surface area contributed by atoms with Crippen LogP contribution < -0.4 is 43.0 Å². The lowest BCUT2D eigenvalue weighted by Crippen LogP contribution is -2.38. The minimum Gasteiger partial charge on any atom is -0.504 e. The number of hydrogen-bond acceptors (Lipinski definition) is 11. The third kappa shape index (κ3) is 7.34. The molecule has 0 radical (unpaired) electrons. The van der Waals surface area contributed by atoms with Gasteiger partial charge in [-0.25, -0.2) is 0 Å². The molecule has 0 saturated heterocycles. The molecule has 3 aromatic rings. The molecular formula is C27H37N5O6. The maximum absolute atomic E-state index is 11.9. The smallest absolute Gasteiger partial charge is 0.253 e.